The number of aromatic nitrogens is 1. The lowest BCUT2D eigenvalue weighted by Gasteiger charge is -1.97. The van der Waals surface area contributed by atoms with E-state index in [1.807, 2.05) is 6.07 Å². The van der Waals surface area contributed by atoms with Gasteiger partial charge in [0.2, 0.25) is 0 Å². The molecule has 0 aliphatic carbocycles. The summed E-state index contributed by atoms with van der Waals surface area (Å²) in [6.07, 6.45) is 1.05. The lowest BCUT2D eigenvalue weighted by molar-refractivity contribution is 0.387. The molecule has 0 fully saturated rings. The fourth-order valence-electron chi connectivity index (χ4n) is 1.46. The molecule has 0 atom stereocenters. The number of hydrogen-bond donors (Lipinski definition) is 1. The molecule has 3 heteroatoms. The molecule has 1 aromatic carbocycles. The summed E-state index contributed by atoms with van der Waals surface area (Å²) in [5, 5.41) is 3.96. The van der Waals surface area contributed by atoms with Gasteiger partial charge in [0.15, 0.2) is 5.76 Å². The zero-order valence-corrected chi connectivity index (χ0v) is 8.73. The predicted octanol–water partition coefficient (Wildman–Crippen LogP) is 2.36. The van der Waals surface area contributed by atoms with Crippen LogP contribution in [0.2, 0.25) is 0 Å². The molecule has 0 aliphatic rings. The molecule has 0 unspecified atom stereocenters. The lowest BCUT2D eigenvalue weighted by atomic mass is 10.1. The third-order valence-corrected chi connectivity index (χ3v) is 2.42. The third-order valence-electron chi connectivity index (χ3n) is 2.42. The van der Waals surface area contributed by atoms with Crippen molar-refractivity contribution in [1.29, 1.82) is 0 Å². The molecule has 0 radical (unpaired) electrons. The Morgan fingerprint density at radius 2 is 2.00 bits per heavy atom. The standard InChI is InChI=1S/C12H14N2O/c1-2-9-3-5-10(6-4-9)12-7-11(8-13)15-14-12/h3-7H,2,8,13H2,1H3. The van der Waals surface area contributed by atoms with Crippen LogP contribution in [0.1, 0.15) is 18.2 Å². The topological polar surface area (TPSA) is 52.0 Å². The average Bonchev–Trinajstić information content (AvgIpc) is 2.78. The minimum absolute atomic E-state index is 0.389. The van der Waals surface area contributed by atoms with Gasteiger partial charge in [-0.15, -0.1) is 0 Å². The first-order valence-electron chi connectivity index (χ1n) is 5.08. The minimum atomic E-state index is 0.389. The van der Waals surface area contributed by atoms with Gasteiger partial charge in [-0.2, -0.15) is 0 Å². The predicted molar refractivity (Wildman–Crippen MR) is 59.2 cm³/mol. The van der Waals surface area contributed by atoms with E-state index in [0.29, 0.717) is 12.3 Å². The maximum Gasteiger partial charge on any atom is 0.150 e. The van der Waals surface area contributed by atoms with Gasteiger partial charge in [-0.1, -0.05) is 36.3 Å². The summed E-state index contributed by atoms with van der Waals surface area (Å²) in [6, 6.07) is 10.2. The molecule has 1 aromatic heterocycles. The Morgan fingerprint density at radius 3 is 2.53 bits per heavy atom. The van der Waals surface area contributed by atoms with E-state index in [1.54, 1.807) is 0 Å². The van der Waals surface area contributed by atoms with Crippen molar-refractivity contribution in [3.8, 4) is 11.3 Å². The van der Waals surface area contributed by atoms with E-state index in [4.69, 9.17) is 10.3 Å². The van der Waals surface area contributed by atoms with E-state index in [2.05, 4.69) is 36.3 Å². The van der Waals surface area contributed by atoms with E-state index in [-0.39, 0.29) is 0 Å². The molecule has 0 amide bonds. The highest BCUT2D eigenvalue weighted by molar-refractivity contribution is 5.59. The number of nitrogens with two attached hydrogens (primary N) is 1. The van der Waals surface area contributed by atoms with Crippen LogP contribution in [0.15, 0.2) is 34.9 Å². The molecular formula is C12H14N2O. The molecule has 0 bridgehead atoms. The van der Waals surface area contributed by atoms with Crippen molar-refractivity contribution in [2.75, 3.05) is 0 Å². The van der Waals surface area contributed by atoms with Gasteiger partial charge in [-0.3, -0.25) is 0 Å². The van der Waals surface area contributed by atoms with Crippen LogP contribution in [-0.2, 0) is 13.0 Å². The van der Waals surface area contributed by atoms with Crippen molar-refractivity contribution >= 4 is 0 Å². The quantitative estimate of drug-likeness (QED) is 0.831. The van der Waals surface area contributed by atoms with Gasteiger partial charge in [-0.25, -0.2) is 0 Å². The van der Waals surface area contributed by atoms with Crippen LogP contribution < -0.4 is 5.73 Å². The maximum atomic E-state index is 5.45. The number of nitrogens with zero attached hydrogens (tertiary/aromatic N) is 1. The van der Waals surface area contributed by atoms with Crippen LogP contribution in [0.5, 0.6) is 0 Å². The normalized spacial score (nSPS) is 10.5. The molecule has 2 rings (SSSR count). The Bertz CT molecular complexity index is 431. The lowest BCUT2D eigenvalue weighted by Crippen LogP contribution is -1.92. The molecule has 2 N–H and O–H groups in total. The Morgan fingerprint density at radius 1 is 1.27 bits per heavy atom. The van der Waals surface area contributed by atoms with Crippen molar-refractivity contribution in [2.45, 2.75) is 19.9 Å². The van der Waals surface area contributed by atoms with E-state index >= 15 is 0 Å². The molecule has 3 nitrogen and oxygen atoms in total. The van der Waals surface area contributed by atoms with E-state index in [0.717, 1.165) is 17.7 Å². The third kappa shape index (κ3) is 2.07. The van der Waals surface area contributed by atoms with Gasteiger partial charge in [-0.05, 0) is 12.0 Å². The minimum Gasteiger partial charge on any atom is -0.359 e. The van der Waals surface area contributed by atoms with E-state index in [9.17, 15) is 0 Å². The molecule has 15 heavy (non-hydrogen) atoms. The smallest absolute Gasteiger partial charge is 0.150 e. The van der Waals surface area contributed by atoms with Gasteiger partial charge in [0.1, 0.15) is 5.69 Å². The molecule has 0 aliphatic heterocycles. The molecular weight excluding hydrogens is 188 g/mol. The first-order valence-corrected chi connectivity index (χ1v) is 5.08. The second-order valence-corrected chi connectivity index (χ2v) is 3.43. The average molecular weight is 202 g/mol. The zero-order chi connectivity index (χ0) is 10.7. The Labute approximate surface area is 88.9 Å². The molecule has 2 aromatic rings. The Hall–Kier alpha value is -1.61. The van der Waals surface area contributed by atoms with Crippen molar-refractivity contribution in [3.05, 3.63) is 41.7 Å². The van der Waals surface area contributed by atoms with Crippen LogP contribution in [0.3, 0.4) is 0 Å². The summed E-state index contributed by atoms with van der Waals surface area (Å²) in [5.41, 5.74) is 8.68. The highest BCUT2D eigenvalue weighted by atomic mass is 16.5. The van der Waals surface area contributed by atoms with Crippen molar-refractivity contribution < 1.29 is 4.52 Å². The second-order valence-electron chi connectivity index (χ2n) is 3.43. The maximum absolute atomic E-state index is 5.45. The first-order chi connectivity index (χ1) is 7.33. The monoisotopic (exact) mass is 202 g/mol. The number of benzene rings is 1. The summed E-state index contributed by atoms with van der Waals surface area (Å²) in [5.74, 6) is 0.713. The second kappa shape index (κ2) is 4.28. The Balaban J connectivity index is 2.28. The van der Waals surface area contributed by atoms with Gasteiger partial charge >= 0.3 is 0 Å². The number of hydrogen-bond acceptors (Lipinski definition) is 3. The summed E-state index contributed by atoms with van der Waals surface area (Å²) >= 11 is 0. The zero-order valence-electron chi connectivity index (χ0n) is 8.73. The number of rotatable bonds is 3. The first kappa shape index (κ1) is 9.93. The molecule has 1 heterocycles. The van der Waals surface area contributed by atoms with Gasteiger partial charge in [0.25, 0.3) is 0 Å². The summed E-state index contributed by atoms with van der Waals surface area (Å²) in [7, 11) is 0. The van der Waals surface area contributed by atoms with Crippen molar-refractivity contribution in [1.82, 2.24) is 5.16 Å². The summed E-state index contributed by atoms with van der Waals surface area (Å²) in [4.78, 5) is 0. The number of aryl methyl sites for hydroxylation is 1. The largest absolute Gasteiger partial charge is 0.359 e. The van der Waals surface area contributed by atoms with Crippen molar-refractivity contribution in [3.63, 3.8) is 0 Å². The Kier molecular flexibility index (Phi) is 2.83. The van der Waals surface area contributed by atoms with Crippen LogP contribution in [0.4, 0.5) is 0 Å². The molecule has 0 saturated heterocycles. The van der Waals surface area contributed by atoms with E-state index in [1.165, 1.54) is 5.56 Å². The molecule has 0 spiro atoms. The van der Waals surface area contributed by atoms with Crippen LogP contribution in [0.25, 0.3) is 11.3 Å². The SMILES string of the molecule is CCc1ccc(-c2cc(CN)on2)cc1. The highest BCUT2D eigenvalue weighted by Gasteiger charge is 2.04. The molecule has 78 valence electrons. The van der Waals surface area contributed by atoms with Crippen LogP contribution >= 0.6 is 0 Å². The molecule has 0 saturated carbocycles. The van der Waals surface area contributed by atoms with Crippen LogP contribution in [-0.4, -0.2) is 5.16 Å². The highest BCUT2D eigenvalue weighted by Crippen LogP contribution is 2.19. The fraction of sp³-hybridized carbons (Fsp3) is 0.250. The fourth-order valence-corrected chi connectivity index (χ4v) is 1.46. The van der Waals surface area contributed by atoms with Gasteiger partial charge in [0, 0.05) is 11.6 Å². The van der Waals surface area contributed by atoms with Crippen LogP contribution in [0, 0.1) is 0 Å². The van der Waals surface area contributed by atoms with Gasteiger partial charge < -0.3 is 10.3 Å². The summed E-state index contributed by atoms with van der Waals surface area (Å²) in [6.45, 7) is 2.53. The van der Waals surface area contributed by atoms with Gasteiger partial charge in [0.05, 0.1) is 6.54 Å². The summed E-state index contributed by atoms with van der Waals surface area (Å²) < 4.78 is 5.05. The van der Waals surface area contributed by atoms with Crippen molar-refractivity contribution in [2.24, 2.45) is 5.73 Å². The van der Waals surface area contributed by atoms with E-state index < -0.39 is 0 Å².